The molecule has 0 bridgehead atoms. The van der Waals surface area contributed by atoms with Crippen molar-refractivity contribution < 1.29 is 9.53 Å². The summed E-state index contributed by atoms with van der Waals surface area (Å²) in [6.45, 7) is 6.18. The van der Waals surface area contributed by atoms with E-state index in [1.165, 1.54) is 0 Å². The van der Waals surface area contributed by atoms with E-state index in [1.807, 2.05) is 4.90 Å². The lowest BCUT2D eigenvalue weighted by molar-refractivity contribution is -0.131. The van der Waals surface area contributed by atoms with Gasteiger partial charge in [0.25, 0.3) is 0 Å². The molecule has 2 fully saturated rings. The lowest BCUT2D eigenvalue weighted by atomic mass is 10.1. The number of carbonyl (C=O) groups excluding carboxylic acids is 1. The Kier molecular flexibility index (Phi) is 4.36. The summed E-state index contributed by atoms with van der Waals surface area (Å²) in [5.74, 6) is 0.240. The summed E-state index contributed by atoms with van der Waals surface area (Å²) < 4.78 is 5.69. The summed E-state index contributed by atoms with van der Waals surface area (Å²) in [7, 11) is 2.10. The van der Waals surface area contributed by atoms with Crippen molar-refractivity contribution in [3.8, 4) is 0 Å². The fraction of sp³-hybridized carbons (Fsp3) is 0.917. The van der Waals surface area contributed by atoms with Crippen LogP contribution < -0.4 is 5.32 Å². The summed E-state index contributed by atoms with van der Waals surface area (Å²) in [6, 6.07) is 0.0290. The van der Waals surface area contributed by atoms with Crippen molar-refractivity contribution in [1.82, 2.24) is 15.1 Å². The van der Waals surface area contributed by atoms with E-state index in [0.29, 0.717) is 6.67 Å². The van der Waals surface area contributed by atoms with E-state index in [0.717, 1.165) is 39.1 Å². The van der Waals surface area contributed by atoms with Gasteiger partial charge in [-0.05, 0) is 13.5 Å². The molecule has 5 heteroatoms. The van der Waals surface area contributed by atoms with E-state index in [2.05, 4.69) is 24.2 Å². The number of morpholine rings is 1. The highest BCUT2D eigenvalue weighted by atomic mass is 16.5. The molecule has 98 valence electrons. The number of hydrogen-bond acceptors (Lipinski definition) is 4. The summed E-state index contributed by atoms with van der Waals surface area (Å²) in [4.78, 5) is 16.2. The minimum atomic E-state index is 0.0290. The average molecular weight is 241 g/mol. The number of amides is 1. The van der Waals surface area contributed by atoms with Gasteiger partial charge in [-0.1, -0.05) is 13.3 Å². The fourth-order valence-corrected chi connectivity index (χ4v) is 2.50. The summed E-state index contributed by atoms with van der Waals surface area (Å²) in [5.41, 5.74) is 0. The number of ether oxygens (including phenoxy) is 1. The van der Waals surface area contributed by atoms with Crippen LogP contribution in [0.2, 0.25) is 0 Å². The Hall–Kier alpha value is -0.650. The molecule has 0 saturated carbocycles. The van der Waals surface area contributed by atoms with Crippen molar-refractivity contribution in [3.05, 3.63) is 0 Å². The van der Waals surface area contributed by atoms with Crippen molar-refractivity contribution in [2.45, 2.75) is 31.9 Å². The smallest absolute Gasteiger partial charge is 0.240 e. The Balaban J connectivity index is 1.81. The average Bonchev–Trinajstić information content (AvgIpc) is 2.62. The first-order valence-electron chi connectivity index (χ1n) is 6.53. The van der Waals surface area contributed by atoms with Gasteiger partial charge in [0.1, 0.15) is 0 Å². The van der Waals surface area contributed by atoms with Crippen LogP contribution in [-0.2, 0) is 9.53 Å². The Morgan fingerprint density at radius 1 is 1.53 bits per heavy atom. The lowest BCUT2D eigenvalue weighted by Crippen LogP contribution is -2.46. The second-order valence-electron chi connectivity index (χ2n) is 5.02. The van der Waals surface area contributed by atoms with Gasteiger partial charge >= 0.3 is 0 Å². The maximum atomic E-state index is 12.0. The Labute approximate surface area is 103 Å². The van der Waals surface area contributed by atoms with E-state index in [4.69, 9.17) is 4.74 Å². The van der Waals surface area contributed by atoms with Gasteiger partial charge in [0.05, 0.1) is 25.4 Å². The van der Waals surface area contributed by atoms with Gasteiger partial charge in [0, 0.05) is 19.6 Å². The number of likely N-dealkylation sites (N-methyl/N-ethyl adjacent to an activating group) is 1. The van der Waals surface area contributed by atoms with Crippen LogP contribution in [0.25, 0.3) is 0 Å². The summed E-state index contributed by atoms with van der Waals surface area (Å²) >= 11 is 0. The highest BCUT2D eigenvalue weighted by molar-refractivity contribution is 5.83. The molecule has 0 aromatic rings. The van der Waals surface area contributed by atoms with E-state index in [9.17, 15) is 4.79 Å². The molecule has 0 aliphatic carbocycles. The van der Waals surface area contributed by atoms with Crippen molar-refractivity contribution in [1.29, 1.82) is 0 Å². The predicted molar refractivity (Wildman–Crippen MR) is 65.6 cm³/mol. The van der Waals surface area contributed by atoms with E-state index in [1.54, 1.807) is 0 Å². The molecule has 1 amide bonds. The van der Waals surface area contributed by atoms with Crippen LogP contribution in [0, 0.1) is 0 Å². The van der Waals surface area contributed by atoms with Crippen LogP contribution >= 0.6 is 0 Å². The highest BCUT2D eigenvalue weighted by Crippen LogP contribution is 2.12. The van der Waals surface area contributed by atoms with Gasteiger partial charge in [-0.25, -0.2) is 0 Å². The molecule has 2 heterocycles. The number of carbonyl (C=O) groups is 1. The quantitative estimate of drug-likeness (QED) is 0.745. The van der Waals surface area contributed by atoms with Gasteiger partial charge in [-0.3, -0.25) is 10.1 Å². The summed E-state index contributed by atoms with van der Waals surface area (Å²) in [5, 5.41) is 3.27. The number of nitrogens with zero attached hydrogens (tertiary/aromatic N) is 2. The lowest BCUT2D eigenvalue weighted by Gasteiger charge is -2.32. The normalized spacial score (nSPS) is 31.2. The van der Waals surface area contributed by atoms with Crippen LogP contribution in [0.5, 0.6) is 0 Å². The minimum Gasteiger partial charge on any atom is -0.374 e. The molecule has 2 aliphatic heterocycles. The standard InChI is InChI=1S/C12H23N3O2/c1-3-4-11-12(16)15(9-13-11)8-10-7-14(2)5-6-17-10/h10-11,13H,3-9H2,1-2H3. The van der Waals surface area contributed by atoms with Crippen LogP contribution in [0.3, 0.4) is 0 Å². The molecule has 0 spiro atoms. The Morgan fingerprint density at radius 3 is 3.06 bits per heavy atom. The van der Waals surface area contributed by atoms with Crippen molar-refractivity contribution >= 4 is 5.91 Å². The second kappa shape index (κ2) is 5.80. The number of rotatable bonds is 4. The van der Waals surface area contributed by atoms with E-state index < -0.39 is 0 Å². The Bertz CT molecular complexity index is 272. The third kappa shape index (κ3) is 3.18. The first-order valence-corrected chi connectivity index (χ1v) is 6.53. The van der Waals surface area contributed by atoms with Crippen LogP contribution in [0.4, 0.5) is 0 Å². The van der Waals surface area contributed by atoms with Crippen LogP contribution in [-0.4, -0.2) is 67.8 Å². The Morgan fingerprint density at radius 2 is 2.35 bits per heavy atom. The van der Waals surface area contributed by atoms with Gasteiger partial charge in [-0.2, -0.15) is 0 Å². The minimum absolute atomic E-state index is 0.0290. The monoisotopic (exact) mass is 241 g/mol. The molecule has 1 N–H and O–H groups in total. The maximum Gasteiger partial charge on any atom is 0.240 e. The van der Waals surface area contributed by atoms with Gasteiger partial charge in [0.15, 0.2) is 0 Å². The SMILES string of the molecule is CCCC1NCN(CC2CN(C)CCO2)C1=O. The molecule has 2 saturated heterocycles. The predicted octanol–water partition coefficient (Wildman–Crippen LogP) is -0.125. The molecule has 0 aromatic carbocycles. The zero-order valence-corrected chi connectivity index (χ0v) is 10.8. The van der Waals surface area contributed by atoms with Crippen molar-refractivity contribution in [3.63, 3.8) is 0 Å². The molecular weight excluding hydrogens is 218 g/mol. The zero-order chi connectivity index (χ0) is 12.3. The third-order valence-corrected chi connectivity index (χ3v) is 3.48. The number of hydrogen-bond donors (Lipinski definition) is 1. The van der Waals surface area contributed by atoms with Gasteiger partial charge in [0.2, 0.25) is 5.91 Å². The number of nitrogens with one attached hydrogen (secondary N) is 1. The second-order valence-corrected chi connectivity index (χ2v) is 5.02. The van der Waals surface area contributed by atoms with Gasteiger partial charge in [-0.15, -0.1) is 0 Å². The molecule has 0 radical (unpaired) electrons. The molecular formula is C12H23N3O2. The van der Waals surface area contributed by atoms with Crippen LogP contribution in [0.15, 0.2) is 0 Å². The molecule has 2 atom stereocenters. The molecule has 5 nitrogen and oxygen atoms in total. The van der Waals surface area contributed by atoms with Crippen LogP contribution in [0.1, 0.15) is 19.8 Å². The molecule has 2 rings (SSSR count). The highest BCUT2D eigenvalue weighted by Gasteiger charge is 2.32. The molecule has 2 unspecified atom stereocenters. The first-order chi connectivity index (χ1) is 8.20. The van der Waals surface area contributed by atoms with Gasteiger partial charge < -0.3 is 14.5 Å². The van der Waals surface area contributed by atoms with Crippen molar-refractivity contribution in [2.24, 2.45) is 0 Å². The summed E-state index contributed by atoms with van der Waals surface area (Å²) in [6.07, 6.45) is 2.14. The van der Waals surface area contributed by atoms with E-state index in [-0.39, 0.29) is 18.1 Å². The maximum absolute atomic E-state index is 12.0. The largest absolute Gasteiger partial charge is 0.374 e. The van der Waals surface area contributed by atoms with E-state index >= 15 is 0 Å². The molecule has 2 aliphatic rings. The topological polar surface area (TPSA) is 44.8 Å². The third-order valence-electron chi connectivity index (χ3n) is 3.48. The fourth-order valence-electron chi connectivity index (χ4n) is 2.50. The van der Waals surface area contributed by atoms with Crippen molar-refractivity contribution in [2.75, 3.05) is 40.0 Å². The molecule has 0 aromatic heterocycles. The molecule has 17 heavy (non-hydrogen) atoms. The zero-order valence-electron chi connectivity index (χ0n) is 10.8. The first kappa shape index (κ1) is 12.8.